The predicted molar refractivity (Wildman–Crippen MR) is 141 cm³/mol. The lowest BCUT2D eigenvalue weighted by atomic mass is 9.86. The van der Waals surface area contributed by atoms with Crippen molar-refractivity contribution < 1.29 is 19.0 Å². The number of fused-ring (bicyclic) bond motifs is 2. The Hall–Kier alpha value is -2.68. The van der Waals surface area contributed by atoms with E-state index in [0.29, 0.717) is 19.8 Å². The standard InChI is InChI=1S/C29H36N4O4/c1-29(2,3)37-20-9-6-17(7-10-20)28(34)32-14-18-5-4-12-30-27(18)31-21-11-8-19(13-22(21)32)33-23-15-35-26-24(33)16-36-25(23)26/h4-5,8,11-13,17,20,23-26H,6-7,9-10,14-16H2,1-3H3,(H,30,31)/t17-,20-,23-,24+,25-,26-/m1/s1. The second kappa shape index (κ2) is 8.68. The minimum Gasteiger partial charge on any atom is -0.373 e. The molecule has 4 bridgehead atoms. The van der Waals surface area contributed by atoms with Crippen molar-refractivity contribution in [3.63, 3.8) is 0 Å². The van der Waals surface area contributed by atoms with Crippen LogP contribution in [0.25, 0.3) is 0 Å². The summed E-state index contributed by atoms with van der Waals surface area (Å²) >= 11 is 0. The maximum absolute atomic E-state index is 14.1. The molecule has 1 aromatic carbocycles. The first-order valence-corrected chi connectivity index (χ1v) is 13.7. The molecule has 4 atom stereocenters. The lowest BCUT2D eigenvalue weighted by Gasteiger charge is -2.39. The average molecular weight is 505 g/mol. The van der Waals surface area contributed by atoms with Gasteiger partial charge in [-0.15, -0.1) is 0 Å². The number of rotatable bonds is 3. The molecule has 0 radical (unpaired) electrons. The van der Waals surface area contributed by atoms with E-state index >= 15 is 0 Å². The van der Waals surface area contributed by atoms with E-state index < -0.39 is 0 Å². The monoisotopic (exact) mass is 504 g/mol. The van der Waals surface area contributed by atoms with Crippen molar-refractivity contribution in [3.05, 3.63) is 42.1 Å². The number of hydrogen-bond acceptors (Lipinski definition) is 7. The lowest BCUT2D eigenvalue weighted by Crippen LogP contribution is -2.50. The van der Waals surface area contributed by atoms with E-state index in [1.807, 2.05) is 11.0 Å². The van der Waals surface area contributed by atoms with Gasteiger partial charge in [0.2, 0.25) is 5.91 Å². The molecule has 37 heavy (non-hydrogen) atoms. The highest BCUT2D eigenvalue weighted by molar-refractivity contribution is 6.00. The first-order valence-electron chi connectivity index (χ1n) is 13.7. The molecule has 8 heteroatoms. The van der Waals surface area contributed by atoms with Crippen LogP contribution in [0.5, 0.6) is 0 Å². The second-order valence-corrected chi connectivity index (χ2v) is 12.1. The largest absolute Gasteiger partial charge is 0.373 e. The van der Waals surface area contributed by atoms with Crippen LogP contribution in [-0.2, 0) is 25.5 Å². The number of carbonyl (C=O) groups excluding carboxylic acids is 1. The van der Waals surface area contributed by atoms with Crippen LogP contribution in [0.3, 0.4) is 0 Å². The Labute approximate surface area is 218 Å². The molecule has 196 valence electrons. The molecule has 0 unspecified atom stereocenters. The molecule has 2 aromatic rings. The normalized spacial score (nSPS) is 32.1. The van der Waals surface area contributed by atoms with Gasteiger partial charge in [-0.3, -0.25) is 4.79 Å². The Morgan fingerprint density at radius 2 is 1.78 bits per heavy atom. The topological polar surface area (TPSA) is 76.2 Å². The minimum atomic E-state index is -0.158. The average Bonchev–Trinajstić information content (AvgIpc) is 3.53. The van der Waals surface area contributed by atoms with E-state index in [2.05, 4.69) is 60.2 Å². The molecule has 1 saturated carbocycles. The van der Waals surface area contributed by atoms with Crippen molar-refractivity contribution in [2.45, 2.75) is 89.0 Å². The Morgan fingerprint density at radius 3 is 2.49 bits per heavy atom. The number of hydrogen-bond donors (Lipinski definition) is 1. The molecule has 3 saturated heterocycles. The van der Waals surface area contributed by atoms with Crippen LogP contribution in [0.4, 0.5) is 22.9 Å². The highest BCUT2D eigenvalue weighted by Crippen LogP contribution is 2.46. The van der Waals surface area contributed by atoms with E-state index in [9.17, 15) is 4.79 Å². The molecule has 0 spiro atoms. The maximum atomic E-state index is 14.1. The number of benzene rings is 1. The maximum Gasteiger partial charge on any atom is 0.230 e. The third kappa shape index (κ3) is 4.01. The van der Waals surface area contributed by atoms with Gasteiger partial charge < -0.3 is 29.3 Å². The molecule has 1 aromatic heterocycles. The van der Waals surface area contributed by atoms with Crippen molar-refractivity contribution in [3.8, 4) is 0 Å². The van der Waals surface area contributed by atoms with Crippen LogP contribution < -0.4 is 15.1 Å². The van der Waals surface area contributed by atoms with Crippen molar-refractivity contribution in [2.75, 3.05) is 28.3 Å². The Bertz CT molecular complexity index is 1190. The molecule has 5 aliphatic rings. The van der Waals surface area contributed by atoms with Crippen LogP contribution in [0.1, 0.15) is 52.0 Å². The van der Waals surface area contributed by atoms with E-state index in [0.717, 1.165) is 54.1 Å². The quantitative estimate of drug-likeness (QED) is 0.664. The molecule has 8 nitrogen and oxygen atoms in total. The summed E-state index contributed by atoms with van der Waals surface area (Å²) in [6.07, 6.45) is 5.88. The fourth-order valence-electron chi connectivity index (χ4n) is 6.98. The van der Waals surface area contributed by atoms with Gasteiger partial charge in [0, 0.05) is 23.4 Å². The van der Waals surface area contributed by atoms with Gasteiger partial charge in [-0.2, -0.15) is 0 Å². The zero-order valence-corrected chi connectivity index (χ0v) is 21.9. The molecule has 7 rings (SSSR count). The third-order valence-electron chi connectivity index (χ3n) is 8.57. The summed E-state index contributed by atoms with van der Waals surface area (Å²) in [6.45, 7) is 8.20. The molecule has 1 N–H and O–H groups in total. The van der Waals surface area contributed by atoms with Gasteiger partial charge in [0.25, 0.3) is 0 Å². The van der Waals surface area contributed by atoms with E-state index in [4.69, 9.17) is 14.2 Å². The van der Waals surface area contributed by atoms with Gasteiger partial charge >= 0.3 is 0 Å². The number of ether oxygens (including phenoxy) is 3. The van der Waals surface area contributed by atoms with Crippen LogP contribution in [0.2, 0.25) is 0 Å². The van der Waals surface area contributed by atoms with Gasteiger partial charge in [0.1, 0.15) is 18.0 Å². The summed E-state index contributed by atoms with van der Waals surface area (Å²) in [7, 11) is 0. The number of amides is 1. The highest BCUT2D eigenvalue weighted by atomic mass is 16.6. The van der Waals surface area contributed by atoms with E-state index in [1.54, 1.807) is 6.20 Å². The zero-order chi connectivity index (χ0) is 25.3. The van der Waals surface area contributed by atoms with Gasteiger partial charge in [-0.1, -0.05) is 6.07 Å². The zero-order valence-electron chi connectivity index (χ0n) is 21.9. The number of morpholine rings is 2. The number of pyridine rings is 1. The number of carbonyl (C=O) groups is 1. The molecule has 1 aliphatic carbocycles. The fourth-order valence-corrected chi connectivity index (χ4v) is 6.98. The fraction of sp³-hybridized carbons (Fsp3) is 0.586. The number of anilines is 4. The van der Waals surface area contributed by atoms with Crippen molar-refractivity contribution in [2.24, 2.45) is 5.92 Å². The molecule has 1 amide bonds. The SMILES string of the molecule is CC(C)(C)O[C@H]1CC[C@H](C(=O)N2Cc3cccnc3Nc3ccc(N4[C@@H]5CO[C@H]6[C@@H]5OC[C@@H]64)cc32)CC1. The first kappa shape index (κ1) is 23.4. The number of nitrogens with zero attached hydrogens (tertiary/aromatic N) is 3. The third-order valence-corrected chi connectivity index (χ3v) is 8.57. The van der Waals surface area contributed by atoms with Gasteiger partial charge in [-0.25, -0.2) is 4.98 Å². The Kier molecular flexibility index (Phi) is 5.50. The van der Waals surface area contributed by atoms with Gasteiger partial charge in [0.15, 0.2) is 0 Å². The smallest absolute Gasteiger partial charge is 0.230 e. The summed E-state index contributed by atoms with van der Waals surface area (Å²) in [4.78, 5) is 23.2. The molecule has 5 heterocycles. The lowest BCUT2D eigenvalue weighted by molar-refractivity contribution is -0.126. The van der Waals surface area contributed by atoms with Crippen molar-refractivity contribution in [1.29, 1.82) is 0 Å². The Balaban J connectivity index is 1.19. The van der Waals surface area contributed by atoms with Crippen LogP contribution in [0.15, 0.2) is 36.5 Å². The minimum absolute atomic E-state index is 0.00448. The van der Waals surface area contributed by atoms with Gasteiger partial charge in [0.05, 0.1) is 54.9 Å². The van der Waals surface area contributed by atoms with E-state index in [-0.39, 0.29) is 47.8 Å². The second-order valence-electron chi connectivity index (χ2n) is 12.1. The molecular formula is C29H36N4O4. The summed E-state index contributed by atoms with van der Waals surface area (Å²) in [5, 5.41) is 3.52. The first-order chi connectivity index (χ1) is 17.9. The predicted octanol–water partition coefficient (Wildman–Crippen LogP) is 4.40. The van der Waals surface area contributed by atoms with Crippen LogP contribution in [0, 0.1) is 5.92 Å². The van der Waals surface area contributed by atoms with Crippen LogP contribution >= 0.6 is 0 Å². The summed E-state index contributed by atoms with van der Waals surface area (Å²) < 4.78 is 18.2. The van der Waals surface area contributed by atoms with E-state index in [1.165, 1.54) is 0 Å². The molecular weight excluding hydrogens is 468 g/mol. The molecule has 4 fully saturated rings. The van der Waals surface area contributed by atoms with Crippen LogP contribution in [-0.4, -0.2) is 60.1 Å². The number of nitrogens with one attached hydrogen (secondary N) is 1. The van der Waals surface area contributed by atoms with Crippen molar-refractivity contribution in [1.82, 2.24) is 4.98 Å². The molecule has 4 aliphatic heterocycles. The summed E-state index contributed by atoms with van der Waals surface area (Å²) in [6, 6.07) is 10.9. The summed E-state index contributed by atoms with van der Waals surface area (Å²) in [5.74, 6) is 1.01. The Morgan fingerprint density at radius 1 is 1.05 bits per heavy atom. The van der Waals surface area contributed by atoms with Crippen molar-refractivity contribution >= 4 is 28.8 Å². The number of aromatic nitrogens is 1. The van der Waals surface area contributed by atoms with Gasteiger partial charge in [-0.05, 0) is 70.7 Å². The summed E-state index contributed by atoms with van der Waals surface area (Å²) in [5.41, 5.74) is 3.85. The highest BCUT2D eigenvalue weighted by Gasteiger charge is 2.60.